The van der Waals surface area contributed by atoms with Crippen LogP contribution in [0.4, 0.5) is 5.69 Å². The molecule has 0 bridgehead atoms. The van der Waals surface area contributed by atoms with E-state index in [2.05, 4.69) is 18.5 Å². The summed E-state index contributed by atoms with van der Waals surface area (Å²) in [5.41, 5.74) is 2.33. The number of fused-ring (bicyclic) bond motifs is 2. The number of thiazole rings is 1. The van der Waals surface area contributed by atoms with Crippen LogP contribution in [0.25, 0.3) is 21.3 Å². The number of benzene rings is 2. The summed E-state index contributed by atoms with van der Waals surface area (Å²) >= 11 is 2.52. The number of nitrogens with one attached hydrogen (secondary N) is 1. The van der Waals surface area contributed by atoms with E-state index in [0.29, 0.717) is 16.7 Å². The van der Waals surface area contributed by atoms with Gasteiger partial charge in [-0.25, -0.2) is 13.4 Å². The van der Waals surface area contributed by atoms with Gasteiger partial charge in [0.2, 0.25) is 0 Å². The fourth-order valence-corrected chi connectivity index (χ4v) is 5.00. The van der Waals surface area contributed by atoms with E-state index in [0.717, 1.165) is 27.0 Å². The van der Waals surface area contributed by atoms with E-state index >= 15 is 0 Å². The molecule has 2 aromatic heterocycles. The Labute approximate surface area is 140 Å². The normalized spacial score (nSPS) is 12.0. The lowest BCUT2D eigenvalue weighted by Gasteiger charge is -2.08. The van der Waals surface area contributed by atoms with Crippen molar-refractivity contribution in [2.45, 2.75) is 11.8 Å². The molecule has 0 aliphatic carbocycles. The third-order valence-electron chi connectivity index (χ3n) is 3.29. The number of sulfonamides is 1. The van der Waals surface area contributed by atoms with Crippen molar-refractivity contribution in [3.8, 4) is 0 Å². The molecular formula is C14H10N4O2S3. The van der Waals surface area contributed by atoms with Gasteiger partial charge in [0.1, 0.15) is 15.9 Å². The standard InChI is InChI=1S/C14H10N4O2S3/c1-8-15-10-6-5-9(7-12(10)21-8)18-23(19,20)13-4-2-3-11-14(13)17-22-16-11/h2-7,18H,1H3. The Balaban J connectivity index is 1.77. The topological polar surface area (TPSA) is 84.8 Å². The summed E-state index contributed by atoms with van der Waals surface area (Å²) in [7, 11) is -3.73. The van der Waals surface area contributed by atoms with E-state index < -0.39 is 10.0 Å². The molecule has 6 nitrogen and oxygen atoms in total. The molecule has 4 aromatic rings. The van der Waals surface area contributed by atoms with Gasteiger partial charge in [0.05, 0.1) is 32.6 Å². The van der Waals surface area contributed by atoms with Gasteiger partial charge in [-0.15, -0.1) is 11.3 Å². The average molecular weight is 362 g/mol. The predicted molar refractivity (Wildman–Crippen MR) is 92.6 cm³/mol. The SMILES string of the molecule is Cc1nc2ccc(NS(=O)(=O)c3cccc4nsnc34)cc2s1. The zero-order chi connectivity index (χ0) is 16.0. The maximum Gasteiger partial charge on any atom is 0.264 e. The first-order valence-electron chi connectivity index (χ1n) is 6.64. The summed E-state index contributed by atoms with van der Waals surface area (Å²) in [4.78, 5) is 4.50. The molecule has 0 fully saturated rings. The van der Waals surface area contributed by atoms with Gasteiger partial charge in [0.15, 0.2) is 0 Å². The fraction of sp³-hybridized carbons (Fsp3) is 0.0714. The zero-order valence-electron chi connectivity index (χ0n) is 11.8. The van der Waals surface area contributed by atoms with Crippen molar-refractivity contribution < 1.29 is 8.42 Å². The largest absolute Gasteiger partial charge is 0.280 e. The number of hydrogen-bond acceptors (Lipinski definition) is 7. The highest BCUT2D eigenvalue weighted by Gasteiger charge is 2.20. The smallest absolute Gasteiger partial charge is 0.264 e. The molecule has 0 unspecified atom stereocenters. The predicted octanol–water partition coefficient (Wildman–Crippen LogP) is 3.41. The molecule has 2 aromatic carbocycles. The van der Waals surface area contributed by atoms with E-state index in [9.17, 15) is 8.42 Å². The van der Waals surface area contributed by atoms with Crippen molar-refractivity contribution >= 4 is 60.0 Å². The van der Waals surface area contributed by atoms with Gasteiger partial charge >= 0.3 is 0 Å². The summed E-state index contributed by atoms with van der Waals surface area (Å²) in [5, 5.41) is 0.943. The van der Waals surface area contributed by atoms with Crippen LogP contribution in [0.1, 0.15) is 5.01 Å². The number of hydrogen-bond donors (Lipinski definition) is 1. The monoisotopic (exact) mass is 362 g/mol. The number of nitrogens with zero attached hydrogens (tertiary/aromatic N) is 3. The first kappa shape index (κ1) is 14.5. The van der Waals surface area contributed by atoms with Crippen molar-refractivity contribution in [3.63, 3.8) is 0 Å². The third kappa shape index (κ3) is 2.56. The van der Waals surface area contributed by atoms with Crippen LogP contribution >= 0.6 is 23.1 Å². The number of rotatable bonds is 3. The second kappa shape index (κ2) is 5.22. The maximum absolute atomic E-state index is 12.7. The summed E-state index contributed by atoms with van der Waals surface area (Å²) < 4.78 is 37.0. The van der Waals surface area contributed by atoms with Crippen molar-refractivity contribution in [1.29, 1.82) is 0 Å². The number of aryl methyl sites for hydroxylation is 1. The van der Waals surface area contributed by atoms with Crippen LogP contribution in [0.15, 0.2) is 41.3 Å². The number of aromatic nitrogens is 3. The van der Waals surface area contributed by atoms with Gasteiger partial charge in [-0.05, 0) is 37.3 Å². The summed E-state index contributed by atoms with van der Waals surface area (Å²) in [6.07, 6.45) is 0. The van der Waals surface area contributed by atoms with E-state index in [-0.39, 0.29) is 4.90 Å². The van der Waals surface area contributed by atoms with Crippen LogP contribution in [-0.4, -0.2) is 22.1 Å². The molecular weight excluding hydrogens is 352 g/mol. The molecule has 116 valence electrons. The van der Waals surface area contributed by atoms with Gasteiger partial charge < -0.3 is 0 Å². The van der Waals surface area contributed by atoms with Gasteiger partial charge in [0, 0.05) is 0 Å². The molecule has 9 heteroatoms. The highest BCUT2D eigenvalue weighted by Crippen LogP contribution is 2.27. The molecule has 0 amide bonds. The molecule has 0 radical (unpaired) electrons. The Morgan fingerprint density at radius 2 is 1.96 bits per heavy atom. The highest BCUT2D eigenvalue weighted by molar-refractivity contribution is 7.93. The van der Waals surface area contributed by atoms with E-state index in [1.54, 1.807) is 24.3 Å². The lowest BCUT2D eigenvalue weighted by molar-refractivity contribution is 0.602. The molecule has 4 rings (SSSR count). The molecule has 23 heavy (non-hydrogen) atoms. The molecule has 0 aliphatic rings. The van der Waals surface area contributed by atoms with Crippen LogP contribution in [-0.2, 0) is 10.0 Å². The van der Waals surface area contributed by atoms with Crippen molar-refractivity contribution in [2.75, 3.05) is 4.72 Å². The maximum atomic E-state index is 12.7. The van der Waals surface area contributed by atoms with Gasteiger partial charge in [0.25, 0.3) is 10.0 Å². The van der Waals surface area contributed by atoms with Crippen LogP contribution in [0.2, 0.25) is 0 Å². The van der Waals surface area contributed by atoms with Crippen molar-refractivity contribution in [3.05, 3.63) is 41.4 Å². The number of anilines is 1. The summed E-state index contributed by atoms with van der Waals surface area (Å²) in [6, 6.07) is 10.2. The fourth-order valence-electron chi connectivity index (χ4n) is 2.31. The minimum absolute atomic E-state index is 0.129. The molecule has 0 saturated heterocycles. The van der Waals surface area contributed by atoms with Crippen LogP contribution < -0.4 is 4.72 Å². The van der Waals surface area contributed by atoms with Gasteiger partial charge in [-0.1, -0.05) is 6.07 Å². The molecule has 0 spiro atoms. The Bertz CT molecular complexity index is 1130. The Hall–Kier alpha value is -2.10. The van der Waals surface area contributed by atoms with Crippen LogP contribution in [0, 0.1) is 6.92 Å². The zero-order valence-corrected chi connectivity index (χ0v) is 14.3. The minimum Gasteiger partial charge on any atom is -0.280 e. The Morgan fingerprint density at radius 3 is 2.83 bits per heavy atom. The molecule has 1 N–H and O–H groups in total. The van der Waals surface area contributed by atoms with Gasteiger partial charge in [-0.3, -0.25) is 4.72 Å². The van der Waals surface area contributed by atoms with Crippen LogP contribution in [0.5, 0.6) is 0 Å². The molecule has 0 saturated carbocycles. The Morgan fingerprint density at radius 1 is 1.09 bits per heavy atom. The lowest BCUT2D eigenvalue weighted by Crippen LogP contribution is -2.13. The summed E-state index contributed by atoms with van der Waals surface area (Å²) in [6.45, 7) is 1.92. The lowest BCUT2D eigenvalue weighted by atomic mass is 10.3. The first-order chi connectivity index (χ1) is 11.0. The van der Waals surface area contributed by atoms with Crippen LogP contribution in [0.3, 0.4) is 0 Å². The van der Waals surface area contributed by atoms with Gasteiger partial charge in [-0.2, -0.15) is 8.75 Å². The molecule has 0 atom stereocenters. The first-order valence-corrected chi connectivity index (χ1v) is 9.67. The van der Waals surface area contributed by atoms with Crippen molar-refractivity contribution in [1.82, 2.24) is 13.7 Å². The van der Waals surface area contributed by atoms with E-state index in [1.807, 2.05) is 13.0 Å². The minimum atomic E-state index is -3.73. The average Bonchev–Trinajstić information content (AvgIpc) is 3.10. The van der Waals surface area contributed by atoms with Crippen molar-refractivity contribution in [2.24, 2.45) is 0 Å². The molecule has 2 heterocycles. The Kier molecular flexibility index (Phi) is 3.29. The quantitative estimate of drug-likeness (QED) is 0.604. The highest BCUT2D eigenvalue weighted by atomic mass is 32.2. The third-order valence-corrected chi connectivity index (χ3v) is 6.18. The second-order valence-corrected chi connectivity index (χ2v) is 8.32. The second-order valence-electron chi connectivity index (χ2n) is 4.91. The van der Waals surface area contributed by atoms with E-state index in [4.69, 9.17) is 0 Å². The summed E-state index contributed by atoms with van der Waals surface area (Å²) in [5.74, 6) is 0. The van der Waals surface area contributed by atoms with E-state index in [1.165, 1.54) is 17.4 Å². The molecule has 0 aliphatic heterocycles.